The number of methoxy groups -OCH3 is 1. The van der Waals surface area contributed by atoms with E-state index in [2.05, 4.69) is 30.5 Å². The first-order valence-electron chi connectivity index (χ1n) is 12.5. The Balaban J connectivity index is 1.66. The lowest BCUT2D eigenvalue weighted by Gasteiger charge is -2.43. The van der Waals surface area contributed by atoms with Crippen molar-refractivity contribution in [3.05, 3.63) is 59.2 Å². The van der Waals surface area contributed by atoms with Gasteiger partial charge in [0, 0.05) is 13.1 Å². The van der Waals surface area contributed by atoms with Gasteiger partial charge in [0.2, 0.25) is 11.8 Å². The zero-order valence-corrected chi connectivity index (χ0v) is 21.4. The fraction of sp³-hybridized carbons (Fsp3) is 0.464. The van der Waals surface area contributed by atoms with E-state index in [-0.39, 0.29) is 17.7 Å². The van der Waals surface area contributed by atoms with E-state index in [1.807, 2.05) is 43.3 Å². The Morgan fingerprint density at radius 1 is 1.03 bits per heavy atom. The molecule has 1 heterocycles. The van der Waals surface area contributed by atoms with Gasteiger partial charge < -0.3 is 25.4 Å². The van der Waals surface area contributed by atoms with Crippen molar-refractivity contribution >= 4 is 23.6 Å². The second kappa shape index (κ2) is 9.84. The van der Waals surface area contributed by atoms with Crippen LogP contribution in [0, 0.1) is 6.92 Å². The maximum atomic E-state index is 14.1. The number of piperidine rings is 1. The van der Waals surface area contributed by atoms with Gasteiger partial charge in [-0.05, 0) is 67.3 Å². The first kappa shape index (κ1) is 25.5. The van der Waals surface area contributed by atoms with E-state index in [0.717, 1.165) is 16.7 Å². The molecule has 0 radical (unpaired) electrons. The number of amides is 3. The van der Waals surface area contributed by atoms with Gasteiger partial charge in [-0.2, -0.15) is 0 Å². The summed E-state index contributed by atoms with van der Waals surface area (Å²) in [4.78, 5) is 40.2. The van der Waals surface area contributed by atoms with Crippen molar-refractivity contribution < 1.29 is 24.2 Å². The van der Waals surface area contributed by atoms with Crippen LogP contribution in [0.15, 0.2) is 42.5 Å². The number of carbonyl (C=O) groups excluding carboxylic acids is 2. The summed E-state index contributed by atoms with van der Waals surface area (Å²) in [5, 5.41) is 14.7. The van der Waals surface area contributed by atoms with E-state index in [1.54, 1.807) is 12.0 Å². The van der Waals surface area contributed by atoms with E-state index in [0.29, 0.717) is 50.2 Å². The van der Waals surface area contributed by atoms with Crippen molar-refractivity contribution in [1.29, 1.82) is 0 Å². The van der Waals surface area contributed by atoms with Crippen LogP contribution in [0.2, 0.25) is 0 Å². The van der Waals surface area contributed by atoms with Crippen LogP contribution in [0.1, 0.15) is 62.1 Å². The van der Waals surface area contributed by atoms with Crippen molar-refractivity contribution in [3.63, 3.8) is 0 Å². The standard InChI is InChI=1S/C28H35N3O5/c1-18(2)20-7-5-6-8-21(20)27(24(32)29-22-10-9-19(3)17-23(22)36-4)13-15-31(16-14-27)25(33)28(11-12-28)30-26(34)35/h5-10,17-18,30H,11-16H2,1-4H3,(H,29,32)(H,34,35). The van der Waals surface area contributed by atoms with E-state index in [4.69, 9.17) is 4.74 Å². The summed E-state index contributed by atoms with van der Waals surface area (Å²) in [5.41, 5.74) is 1.86. The first-order chi connectivity index (χ1) is 17.1. The lowest BCUT2D eigenvalue weighted by molar-refractivity contribution is -0.138. The fourth-order valence-corrected chi connectivity index (χ4v) is 5.31. The third-order valence-electron chi connectivity index (χ3n) is 7.55. The fourth-order valence-electron chi connectivity index (χ4n) is 5.31. The molecule has 0 atom stereocenters. The topological polar surface area (TPSA) is 108 Å². The molecular formula is C28H35N3O5. The highest BCUT2D eigenvalue weighted by atomic mass is 16.5. The normalized spacial score (nSPS) is 17.9. The van der Waals surface area contributed by atoms with Crippen LogP contribution in [-0.4, -0.2) is 53.7 Å². The summed E-state index contributed by atoms with van der Waals surface area (Å²) < 4.78 is 5.52. The number of benzene rings is 2. The predicted octanol–water partition coefficient (Wildman–Crippen LogP) is 4.43. The average Bonchev–Trinajstić information content (AvgIpc) is 3.64. The molecule has 2 aromatic carbocycles. The van der Waals surface area contributed by atoms with Gasteiger partial charge in [-0.15, -0.1) is 0 Å². The minimum absolute atomic E-state index is 0.130. The van der Waals surface area contributed by atoms with Crippen LogP contribution >= 0.6 is 0 Å². The number of ether oxygens (including phenoxy) is 1. The Morgan fingerprint density at radius 2 is 1.69 bits per heavy atom. The molecule has 2 fully saturated rings. The zero-order valence-electron chi connectivity index (χ0n) is 21.4. The monoisotopic (exact) mass is 493 g/mol. The smallest absolute Gasteiger partial charge is 0.405 e. The van der Waals surface area contributed by atoms with Crippen LogP contribution in [-0.2, 0) is 15.0 Å². The third kappa shape index (κ3) is 4.76. The molecule has 36 heavy (non-hydrogen) atoms. The maximum Gasteiger partial charge on any atom is 0.405 e. The van der Waals surface area contributed by atoms with Crippen LogP contribution in [0.25, 0.3) is 0 Å². The Labute approximate surface area is 212 Å². The Kier molecular flexibility index (Phi) is 6.98. The molecule has 2 aromatic rings. The lowest BCUT2D eigenvalue weighted by atomic mass is 9.69. The molecule has 1 aliphatic heterocycles. The number of anilines is 1. The second-order valence-electron chi connectivity index (χ2n) is 10.3. The van der Waals surface area contributed by atoms with Crippen LogP contribution < -0.4 is 15.4 Å². The van der Waals surface area contributed by atoms with Crippen LogP contribution in [0.5, 0.6) is 5.75 Å². The lowest BCUT2D eigenvalue weighted by Crippen LogP contribution is -2.56. The highest BCUT2D eigenvalue weighted by molar-refractivity contribution is 6.01. The molecule has 8 heteroatoms. The van der Waals surface area contributed by atoms with Gasteiger partial charge in [-0.3, -0.25) is 9.59 Å². The molecule has 0 spiro atoms. The number of aryl methyl sites for hydroxylation is 1. The van der Waals surface area contributed by atoms with E-state index in [9.17, 15) is 19.5 Å². The molecule has 1 saturated carbocycles. The number of carbonyl (C=O) groups is 3. The van der Waals surface area contributed by atoms with Gasteiger partial charge in [0.15, 0.2) is 0 Å². The van der Waals surface area contributed by atoms with Crippen molar-refractivity contribution in [2.75, 3.05) is 25.5 Å². The Morgan fingerprint density at radius 3 is 2.28 bits per heavy atom. The van der Waals surface area contributed by atoms with Crippen molar-refractivity contribution in [2.45, 2.75) is 63.3 Å². The number of likely N-dealkylation sites (tertiary alicyclic amines) is 1. The Bertz CT molecular complexity index is 1160. The van der Waals surface area contributed by atoms with E-state index >= 15 is 0 Å². The molecule has 0 aromatic heterocycles. The number of hydrogen-bond donors (Lipinski definition) is 3. The van der Waals surface area contributed by atoms with Crippen molar-refractivity contribution in [3.8, 4) is 5.75 Å². The molecule has 192 valence electrons. The van der Waals surface area contributed by atoms with Gasteiger partial charge in [0.05, 0.1) is 18.2 Å². The van der Waals surface area contributed by atoms with E-state index < -0.39 is 17.0 Å². The molecule has 3 amide bonds. The summed E-state index contributed by atoms with van der Waals surface area (Å²) in [6.45, 7) is 6.92. The van der Waals surface area contributed by atoms with Crippen molar-refractivity contribution in [2.24, 2.45) is 0 Å². The first-order valence-corrected chi connectivity index (χ1v) is 12.5. The molecule has 1 aliphatic carbocycles. The van der Waals surface area contributed by atoms with Gasteiger partial charge in [0.1, 0.15) is 11.3 Å². The number of hydrogen-bond acceptors (Lipinski definition) is 4. The minimum atomic E-state index is -1.19. The summed E-state index contributed by atoms with van der Waals surface area (Å²) in [6, 6.07) is 13.7. The molecule has 4 rings (SSSR count). The molecule has 0 bridgehead atoms. The van der Waals surface area contributed by atoms with Gasteiger partial charge >= 0.3 is 6.09 Å². The highest BCUT2D eigenvalue weighted by Gasteiger charge is 2.55. The molecular weight excluding hydrogens is 458 g/mol. The van der Waals surface area contributed by atoms with Crippen LogP contribution in [0.4, 0.5) is 10.5 Å². The van der Waals surface area contributed by atoms with E-state index in [1.165, 1.54) is 0 Å². The third-order valence-corrected chi connectivity index (χ3v) is 7.55. The van der Waals surface area contributed by atoms with Crippen molar-refractivity contribution in [1.82, 2.24) is 10.2 Å². The second-order valence-corrected chi connectivity index (χ2v) is 10.3. The SMILES string of the molecule is COc1cc(C)ccc1NC(=O)C1(c2ccccc2C(C)C)CCN(C(=O)C2(NC(=O)O)CC2)CC1. The predicted molar refractivity (Wildman–Crippen MR) is 138 cm³/mol. The van der Waals surface area contributed by atoms with Crippen LogP contribution in [0.3, 0.4) is 0 Å². The highest BCUT2D eigenvalue weighted by Crippen LogP contribution is 2.43. The summed E-state index contributed by atoms with van der Waals surface area (Å²) >= 11 is 0. The van der Waals surface area contributed by atoms with Gasteiger partial charge in [-0.25, -0.2) is 4.79 Å². The number of rotatable bonds is 7. The van der Waals surface area contributed by atoms with Gasteiger partial charge in [0.25, 0.3) is 0 Å². The summed E-state index contributed by atoms with van der Waals surface area (Å²) in [5.74, 6) is 0.485. The number of nitrogens with one attached hydrogen (secondary N) is 2. The summed E-state index contributed by atoms with van der Waals surface area (Å²) in [7, 11) is 1.58. The molecule has 0 unspecified atom stereocenters. The number of carboxylic acid groups (broad SMARTS) is 1. The Hall–Kier alpha value is -3.55. The maximum absolute atomic E-state index is 14.1. The zero-order chi connectivity index (χ0) is 26.1. The largest absolute Gasteiger partial charge is 0.495 e. The molecule has 3 N–H and O–H groups in total. The summed E-state index contributed by atoms with van der Waals surface area (Å²) in [6.07, 6.45) is 0.689. The molecule has 8 nitrogen and oxygen atoms in total. The average molecular weight is 494 g/mol. The molecule has 2 aliphatic rings. The van der Waals surface area contributed by atoms with Gasteiger partial charge in [-0.1, -0.05) is 44.2 Å². The number of nitrogens with zero attached hydrogens (tertiary/aromatic N) is 1. The molecule has 1 saturated heterocycles. The minimum Gasteiger partial charge on any atom is -0.495 e. The quantitative estimate of drug-likeness (QED) is 0.529.